The van der Waals surface area contributed by atoms with Gasteiger partial charge in [0.15, 0.2) is 0 Å². The fourth-order valence-corrected chi connectivity index (χ4v) is 5.57. The molecule has 1 nitrogen and oxygen atoms in total. The van der Waals surface area contributed by atoms with Crippen LogP contribution in [-0.4, -0.2) is 6.54 Å². The third-order valence-electron chi connectivity index (χ3n) is 5.62. The summed E-state index contributed by atoms with van der Waals surface area (Å²) in [6.07, 6.45) is 11.7. The Morgan fingerprint density at radius 3 is 2.70 bits per heavy atom. The maximum Gasteiger partial charge on any atom is 0.0465 e. The zero-order valence-corrected chi connectivity index (χ0v) is 13.6. The molecule has 1 fully saturated rings. The lowest BCUT2D eigenvalue weighted by atomic mass is 9.61. The maximum absolute atomic E-state index is 6.44. The fraction of sp³-hybridized carbons (Fsp3) is 0.647. The molecule has 3 heteroatoms. The van der Waals surface area contributed by atoms with Gasteiger partial charge < -0.3 is 5.73 Å². The van der Waals surface area contributed by atoms with Crippen molar-refractivity contribution in [2.45, 2.75) is 45.4 Å². The van der Waals surface area contributed by atoms with Gasteiger partial charge in [-0.3, -0.25) is 0 Å². The van der Waals surface area contributed by atoms with Crippen molar-refractivity contribution in [1.82, 2.24) is 0 Å². The van der Waals surface area contributed by atoms with Gasteiger partial charge in [0.05, 0.1) is 0 Å². The average Bonchev–Trinajstić information content (AvgIpc) is 2.87. The van der Waals surface area contributed by atoms with Gasteiger partial charge in [-0.25, -0.2) is 0 Å². The normalized spacial score (nSPS) is 36.4. The summed E-state index contributed by atoms with van der Waals surface area (Å²) >= 11 is 12.9. The van der Waals surface area contributed by atoms with E-state index in [0.717, 1.165) is 35.4 Å². The SMILES string of the molecule is CCC1(C2CCCC(CCN)C2)C2=CC(Cl)=C1C(Cl)=C2. The third kappa shape index (κ3) is 2.01. The molecule has 0 heterocycles. The minimum Gasteiger partial charge on any atom is -0.330 e. The second-order valence-electron chi connectivity index (χ2n) is 6.45. The van der Waals surface area contributed by atoms with E-state index in [0.29, 0.717) is 5.92 Å². The lowest BCUT2D eigenvalue weighted by molar-refractivity contribution is 0.156. The molecule has 1 saturated carbocycles. The van der Waals surface area contributed by atoms with Crippen LogP contribution in [0, 0.1) is 17.3 Å². The highest BCUT2D eigenvalue weighted by atomic mass is 35.5. The van der Waals surface area contributed by atoms with Crippen LogP contribution in [0.4, 0.5) is 0 Å². The molecule has 0 aromatic carbocycles. The van der Waals surface area contributed by atoms with Gasteiger partial charge in [-0.2, -0.15) is 0 Å². The maximum atomic E-state index is 6.44. The molecular formula is C17H23Cl2N. The third-order valence-corrected chi connectivity index (χ3v) is 6.21. The van der Waals surface area contributed by atoms with Crippen molar-refractivity contribution < 1.29 is 0 Å². The van der Waals surface area contributed by atoms with Crippen LogP contribution < -0.4 is 5.73 Å². The molecule has 0 spiro atoms. The molecule has 0 saturated heterocycles. The summed E-state index contributed by atoms with van der Waals surface area (Å²) in [7, 11) is 0. The number of hydrogen-bond acceptors (Lipinski definition) is 1. The quantitative estimate of drug-likeness (QED) is 0.767. The van der Waals surface area contributed by atoms with Gasteiger partial charge >= 0.3 is 0 Å². The minimum absolute atomic E-state index is 0.0986. The Bertz CT molecular complexity index is 501. The van der Waals surface area contributed by atoms with E-state index in [4.69, 9.17) is 28.9 Å². The number of fused-ring (bicyclic) bond motifs is 2. The van der Waals surface area contributed by atoms with Gasteiger partial charge in [0.1, 0.15) is 0 Å². The largest absolute Gasteiger partial charge is 0.330 e. The van der Waals surface area contributed by atoms with Crippen LogP contribution in [0.15, 0.2) is 33.4 Å². The Balaban J connectivity index is 1.91. The molecule has 110 valence electrons. The molecule has 2 N–H and O–H groups in total. The second kappa shape index (κ2) is 5.51. The Kier molecular flexibility index (Phi) is 4.05. The van der Waals surface area contributed by atoms with E-state index >= 15 is 0 Å². The van der Waals surface area contributed by atoms with Crippen molar-refractivity contribution >= 4 is 23.2 Å². The van der Waals surface area contributed by atoms with E-state index in [2.05, 4.69) is 19.1 Å². The summed E-state index contributed by atoms with van der Waals surface area (Å²) in [5, 5.41) is 1.74. The predicted octanol–water partition coefficient (Wildman–Crippen LogP) is 5.11. The van der Waals surface area contributed by atoms with Crippen LogP contribution in [0.2, 0.25) is 0 Å². The van der Waals surface area contributed by atoms with Gasteiger partial charge in [-0.05, 0) is 61.8 Å². The van der Waals surface area contributed by atoms with Crippen LogP contribution in [0.3, 0.4) is 0 Å². The Morgan fingerprint density at radius 2 is 2.10 bits per heavy atom. The predicted molar refractivity (Wildman–Crippen MR) is 86.7 cm³/mol. The molecule has 3 aliphatic carbocycles. The monoisotopic (exact) mass is 311 g/mol. The first-order valence-electron chi connectivity index (χ1n) is 7.83. The van der Waals surface area contributed by atoms with Crippen LogP contribution >= 0.6 is 23.2 Å². The Hall–Kier alpha value is -0.240. The number of nitrogens with two attached hydrogens (primary N) is 1. The molecule has 0 aromatic heterocycles. The molecule has 3 unspecified atom stereocenters. The van der Waals surface area contributed by atoms with Crippen LogP contribution in [0.1, 0.15) is 45.4 Å². The Morgan fingerprint density at radius 1 is 1.30 bits per heavy atom. The van der Waals surface area contributed by atoms with E-state index < -0.39 is 0 Å². The number of rotatable bonds is 4. The molecule has 3 rings (SSSR count). The summed E-state index contributed by atoms with van der Waals surface area (Å²) in [6.45, 7) is 3.08. The van der Waals surface area contributed by atoms with Crippen molar-refractivity contribution in [3.05, 3.63) is 33.4 Å². The van der Waals surface area contributed by atoms with Crippen molar-refractivity contribution in [3.8, 4) is 0 Å². The fourth-order valence-electron chi connectivity index (χ4n) is 4.75. The second-order valence-corrected chi connectivity index (χ2v) is 7.26. The first-order chi connectivity index (χ1) is 9.63. The molecule has 3 aliphatic rings. The van der Waals surface area contributed by atoms with Gasteiger partial charge in [0, 0.05) is 21.1 Å². The number of allylic oxidation sites excluding steroid dienone is 6. The van der Waals surface area contributed by atoms with E-state index in [9.17, 15) is 0 Å². The molecule has 0 radical (unpaired) electrons. The molecule has 0 aromatic rings. The lowest BCUT2D eigenvalue weighted by Crippen LogP contribution is -2.34. The summed E-state index contributed by atoms with van der Waals surface area (Å²) in [6, 6.07) is 0. The first-order valence-corrected chi connectivity index (χ1v) is 8.59. The van der Waals surface area contributed by atoms with Crippen molar-refractivity contribution in [1.29, 1.82) is 0 Å². The summed E-state index contributed by atoms with van der Waals surface area (Å²) in [5.41, 5.74) is 8.42. The first kappa shape index (κ1) is 14.7. The van der Waals surface area contributed by atoms with Crippen LogP contribution in [-0.2, 0) is 0 Å². The van der Waals surface area contributed by atoms with Crippen molar-refractivity contribution in [3.63, 3.8) is 0 Å². The molecular weight excluding hydrogens is 289 g/mol. The van der Waals surface area contributed by atoms with Gasteiger partial charge in [-0.15, -0.1) is 0 Å². The van der Waals surface area contributed by atoms with Crippen molar-refractivity contribution in [2.75, 3.05) is 6.54 Å². The zero-order chi connectivity index (χ0) is 14.3. The van der Waals surface area contributed by atoms with E-state index in [1.165, 1.54) is 36.8 Å². The molecule has 3 atom stereocenters. The van der Waals surface area contributed by atoms with Crippen LogP contribution in [0.5, 0.6) is 0 Å². The van der Waals surface area contributed by atoms with Crippen LogP contribution in [0.25, 0.3) is 0 Å². The highest BCUT2D eigenvalue weighted by molar-refractivity contribution is 6.38. The minimum atomic E-state index is 0.0986. The zero-order valence-electron chi connectivity index (χ0n) is 12.1. The highest BCUT2D eigenvalue weighted by Crippen LogP contribution is 2.63. The smallest absolute Gasteiger partial charge is 0.0465 e. The molecule has 0 amide bonds. The average molecular weight is 312 g/mol. The summed E-state index contributed by atoms with van der Waals surface area (Å²) in [5.74, 6) is 1.45. The molecule has 0 aliphatic heterocycles. The number of halogens is 2. The molecule has 20 heavy (non-hydrogen) atoms. The summed E-state index contributed by atoms with van der Waals surface area (Å²) in [4.78, 5) is 0. The van der Waals surface area contributed by atoms with Gasteiger partial charge in [0.25, 0.3) is 0 Å². The van der Waals surface area contributed by atoms with E-state index in [1.54, 1.807) is 0 Å². The van der Waals surface area contributed by atoms with E-state index in [-0.39, 0.29) is 5.41 Å². The molecule has 2 bridgehead atoms. The standard InChI is InChI=1S/C17H23Cl2N/c1-2-17(12-5-3-4-11(8-12)6-7-20)13-9-14(18)16(17)15(19)10-13/h9-12H,2-8,20H2,1H3. The lowest BCUT2D eigenvalue weighted by Gasteiger charge is -2.42. The number of hydrogen-bond donors (Lipinski definition) is 1. The Labute approximate surface area is 131 Å². The summed E-state index contributed by atoms with van der Waals surface area (Å²) < 4.78 is 0. The van der Waals surface area contributed by atoms with Gasteiger partial charge in [-0.1, -0.05) is 43.0 Å². The highest BCUT2D eigenvalue weighted by Gasteiger charge is 2.51. The van der Waals surface area contributed by atoms with Crippen molar-refractivity contribution in [2.24, 2.45) is 23.0 Å². The van der Waals surface area contributed by atoms with E-state index in [1.807, 2.05) is 0 Å². The topological polar surface area (TPSA) is 26.0 Å². The van der Waals surface area contributed by atoms with Gasteiger partial charge in [0.2, 0.25) is 0 Å².